The molecule has 2 saturated heterocycles. The monoisotopic (exact) mass is 763 g/mol. The predicted molar refractivity (Wildman–Crippen MR) is 235 cm³/mol. The Kier molecular flexibility index (Phi) is 39.3. The Hall–Kier alpha value is -0.160. The smallest absolute Gasteiger partial charge is 0.157 e. The van der Waals surface area contributed by atoms with Crippen LogP contribution in [0.1, 0.15) is 283 Å². The lowest BCUT2D eigenvalue weighted by molar-refractivity contribution is -0.163. The van der Waals surface area contributed by atoms with Gasteiger partial charge in [-0.3, -0.25) is 0 Å². The van der Waals surface area contributed by atoms with Gasteiger partial charge in [-0.2, -0.15) is 0 Å². The van der Waals surface area contributed by atoms with Crippen molar-refractivity contribution in [3.63, 3.8) is 0 Å². The highest BCUT2D eigenvalue weighted by Gasteiger charge is 2.14. The van der Waals surface area contributed by atoms with E-state index in [-0.39, 0.29) is 12.6 Å². The third-order valence-electron chi connectivity index (χ3n) is 12.4. The molecule has 2 aliphatic heterocycles. The highest BCUT2D eigenvalue weighted by atomic mass is 16.7. The van der Waals surface area contributed by atoms with Crippen LogP contribution in [-0.2, 0) is 18.9 Å². The molecule has 0 amide bonds. The fourth-order valence-corrected chi connectivity index (χ4v) is 8.68. The fourth-order valence-electron chi connectivity index (χ4n) is 8.68. The molecule has 0 aromatic heterocycles. The van der Waals surface area contributed by atoms with E-state index < -0.39 is 0 Å². The molecule has 54 heavy (non-hydrogen) atoms. The predicted octanol–water partition coefficient (Wildman–Crippen LogP) is 16.9. The summed E-state index contributed by atoms with van der Waals surface area (Å²) in [7, 11) is 0. The van der Waals surface area contributed by atoms with Gasteiger partial charge in [0.25, 0.3) is 0 Å². The van der Waals surface area contributed by atoms with E-state index in [1.54, 1.807) is 0 Å². The van der Waals surface area contributed by atoms with E-state index in [0.29, 0.717) is 0 Å². The number of rotatable bonds is 43. The first kappa shape index (κ1) is 50.0. The molecular weight excluding hydrogens is 665 g/mol. The number of unbranched alkanes of at least 4 members (excludes halogenated alkanes) is 37. The minimum Gasteiger partial charge on any atom is -0.353 e. The molecule has 0 aromatic rings. The van der Waals surface area contributed by atoms with Crippen LogP contribution in [0.4, 0.5) is 0 Å². The van der Waals surface area contributed by atoms with Crippen LogP contribution in [0, 0.1) is 0 Å². The van der Waals surface area contributed by atoms with Crippen molar-refractivity contribution in [2.45, 2.75) is 295 Å². The number of hydrogen-bond acceptors (Lipinski definition) is 4. The third-order valence-corrected chi connectivity index (χ3v) is 12.4. The minimum atomic E-state index is 0.0964. The lowest BCUT2D eigenvalue weighted by Crippen LogP contribution is -2.22. The van der Waals surface area contributed by atoms with E-state index >= 15 is 0 Å². The lowest BCUT2D eigenvalue weighted by Gasteiger charge is -2.22. The molecule has 0 aliphatic carbocycles. The summed E-state index contributed by atoms with van der Waals surface area (Å²) in [4.78, 5) is 0. The van der Waals surface area contributed by atoms with E-state index in [1.807, 2.05) is 0 Å². The van der Waals surface area contributed by atoms with Gasteiger partial charge in [-0.05, 0) is 51.4 Å². The zero-order valence-electron chi connectivity index (χ0n) is 36.7. The molecular formula is C50H98O4. The molecule has 0 bridgehead atoms. The Labute approximate surface area is 339 Å². The quantitative estimate of drug-likeness (QED) is 0.0580. The second kappa shape index (κ2) is 42.4. The maximum absolute atomic E-state index is 5.84. The molecule has 0 spiro atoms. The molecule has 322 valence electrons. The van der Waals surface area contributed by atoms with Gasteiger partial charge >= 0.3 is 0 Å². The van der Waals surface area contributed by atoms with Crippen LogP contribution < -0.4 is 0 Å². The second-order valence-corrected chi connectivity index (χ2v) is 17.8. The molecule has 2 heterocycles. The van der Waals surface area contributed by atoms with Gasteiger partial charge in [0, 0.05) is 26.4 Å². The van der Waals surface area contributed by atoms with Crippen molar-refractivity contribution in [1.82, 2.24) is 0 Å². The summed E-state index contributed by atoms with van der Waals surface area (Å²) in [5.74, 6) is 0. The van der Waals surface area contributed by atoms with Crippen LogP contribution in [-0.4, -0.2) is 39.0 Å². The summed E-state index contributed by atoms with van der Waals surface area (Å²) in [5, 5.41) is 0. The lowest BCUT2D eigenvalue weighted by atomic mass is 10.0. The van der Waals surface area contributed by atoms with Gasteiger partial charge in [0.1, 0.15) is 0 Å². The highest BCUT2D eigenvalue weighted by molar-refractivity contribution is 4.57. The van der Waals surface area contributed by atoms with Crippen LogP contribution in [0.5, 0.6) is 0 Å². The van der Waals surface area contributed by atoms with Crippen LogP contribution >= 0.6 is 0 Å². The Balaban J connectivity index is 1.10. The number of ether oxygens (including phenoxy) is 4. The van der Waals surface area contributed by atoms with Crippen LogP contribution in [0.25, 0.3) is 0 Å². The first-order valence-corrected chi connectivity index (χ1v) is 25.4. The molecule has 2 rings (SSSR count). The zero-order chi connectivity index (χ0) is 37.9. The van der Waals surface area contributed by atoms with E-state index in [0.717, 1.165) is 39.3 Å². The highest BCUT2D eigenvalue weighted by Crippen LogP contribution is 2.19. The molecule has 2 atom stereocenters. The maximum Gasteiger partial charge on any atom is 0.157 e. The van der Waals surface area contributed by atoms with Crippen molar-refractivity contribution >= 4 is 0 Å². The minimum absolute atomic E-state index is 0.0964. The summed E-state index contributed by atoms with van der Waals surface area (Å²) < 4.78 is 23.0. The van der Waals surface area contributed by atoms with Crippen LogP contribution in [0.3, 0.4) is 0 Å². The van der Waals surface area contributed by atoms with Crippen molar-refractivity contribution in [3.05, 3.63) is 0 Å². The summed E-state index contributed by atoms with van der Waals surface area (Å²) in [6.07, 6.45) is 62.1. The fraction of sp³-hybridized carbons (Fsp3) is 1.00. The molecule has 2 aliphatic rings. The summed E-state index contributed by atoms with van der Waals surface area (Å²) in [6.45, 7) is 3.57. The van der Waals surface area contributed by atoms with Gasteiger partial charge in [-0.15, -0.1) is 0 Å². The summed E-state index contributed by atoms with van der Waals surface area (Å²) in [6, 6.07) is 0. The van der Waals surface area contributed by atoms with Crippen molar-refractivity contribution in [2.24, 2.45) is 0 Å². The molecule has 0 saturated carbocycles. The Morgan fingerprint density at radius 3 is 0.593 bits per heavy atom. The molecule has 4 nitrogen and oxygen atoms in total. The van der Waals surface area contributed by atoms with E-state index in [9.17, 15) is 0 Å². The van der Waals surface area contributed by atoms with Crippen molar-refractivity contribution in [3.8, 4) is 0 Å². The molecule has 2 unspecified atom stereocenters. The molecule has 0 N–H and O–H groups in total. The van der Waals surface area contributed by atoms with Gasteiger partial charge in [-0.25, -0.2) is 0 Å². The first-order chi connectivity index (χ1) is 26.9. The molecule has 0 aromatic carbocycles. The van der Waals surface area contributed by atoms with E-state index in [2.05, 4.69) is 0 Å². The standard InChI is InChI=1S/C50H98O4/c1(3-5-7-9-11-13-15-17-19-21-23-25-27-29-31-33-35-39-45-51-49-43-37-41-47-53-49)2-4-6-8-10-12-14-16-18-20-22-24-26-28-30-32-34-36-40-46-52-50-44-38-42-48-54-50/h49-50H,1-48H2. The summed E-state index contributed by atoms with van der Waals surface area (Å²) >= 11 is 0. The Morgan fingerprint density at radius 2 is 0.426 bits per heavy atom. The van der Waals surface area contributed by atoms with Crippen molar-refractivity contribution < 1.29 is 18.9 Å². The average Bonchev–Trinajstić information content (AvgIpc) is 3.20. The number of hydrogen-bond donors (Lipinski definition) is 0. The van der Waals surface area contributed by atoms with Gasteiger partial charge in [0.15, 0.2) is 12.6 Å². The topological polar surface area (TPSA) is 36.9 Å². The second-order valence-electron chi connectivity index (χ2n) is 17.8. The van der Waals surface area contributed by atoms with Gasteiger partial charge in [0.05, 0.1) is 0 Å². The first-order valence-electron chi connectivity index (χ1n) is 25.4. The van der Waals surface area contributed by atoms with E-state index in [1.165, 1.54) is 270 Å². The van der Waals surface area contributed by atoms with Gasteiger partial charge in [0.2, 0.25) is 0 Å². The Bertz CT molecular complexity index is 630. The van der Waals surface area contributed by atoms with Crippen molar-refractivity contribution in [1.29, 1.82) is 0 Å². The van der Waals surface area contributed by atoms with Crippen LogP contribution in [0.2, 0.25) is 0 Å². The van der Waals surface area contributed by atoms with Gasteiger partial charge < -0.3 is 18.9 Å². The largest absolute Gasteiger partial charge is 0.353 e. The van der Waals surface area contributed by atoms with Crippen molar-refractivity contribution in [2.75, 3.05) is 26.4 Å². The SMILES string of the molecule is C(CCCCCCCCCCCCCCCCCCCCOC1CCCCO1)CCCCCCCCCCCCCCCCCCCOC1CCCCO1. The van der Waals surface area contributed by atoms with E-state index in [4.69, 9.17) is 18.9 Å². The average molecular weight is 763 g/mol. The summed E-state index contributed by atoms with van der Waals surface area (Å²) in [5.41, 5.74) is 0. The normalized spacial score (nSPS) is 17.8. The zero-order valence-corrected chi connectivity index (χ0v) is 36.7. The Morgan fingerprint density at radius 1 is 0.241 bits per heavy atom. The van der Waals surface area contributed by atoms with Gasteiger partial charge in [-0.1, -0.05) is 231 Å². The molecule has 0 radical (unpaired) electrons. The molecule has 4 heteroatoms. The third kappa shape index (κ3) is 36.2. The maximum atomic E-state index is 5.84. The van der Waals surface area contributed by atoms with Crippen LogP contribution in [0.15, 0.2) is 0 Å². The molecule has 2 fully saturated rings.